The first kappa shape index (κ1) is 16.6. The summed E-state index contributed by atoms with van der Waals surface area (Å²) >= 11 is 0. The molecule has 1 atom stereocenters. The summed E-state index contributed by atoms with van der Waals surface area (Å²) in [6.45, 7) is 7.60. The van der Waals surface area contributed by atoms with Crippen LogP contribution in [-0.4, -0.2) is 42.7 Å². The fraction of sp³-hybridized carbons (Fsp3) is 0.636. The monoisotopic (exact) mass is 263 g/mol. The van der Waals surface area contributed by atoms with Crippen LogP contribution in [0.2, 0.25) is 0 Å². The fourth-order valence-electron chi connectivity index (χ4n) is 1.95. The first-order valence-corrected chi connectivity index (χ1v) is 6.80. The van der Waals surface area contributed by atoms with Gasteiger partial charge in [0.2, 0.25) is 0 Å². The second-order valence-electron chi connectivity index (χ2n) is 5.18. The quantitative estimate of drug-likeness (QED) is 0.404. The minimum Gasteiger partial charge on any atom is -0.756 e. The number of phosphoric acid groups is 1. The zero-order valence-electron chi connectivity index (χ0n) is 10.8. The van der Waals surface area contributed by atoms with E-state index in [0.29, 0.717) is 23.9 Å². The molecule has 1 N–H and O–H groups in total. The van der Waals surface area contributed by atoms with Gasteiger partial charge in [-0.1, -0.05) is 12.2 Å². The molecule has 0 bridgehead atoms. The zero-order valence-corrected chi connectivity index (χ0v) is 11.7. The number of phosphoric ester groups is 1. The molecule has 17 heavy (non-hydrogen) atoms. The van der Waals surface area contributed by atoms with Crippen LogP contribution >= 0.6 is 7.82 Å². The lowest BCUT2D eigenvalue weighted by molar-refractivity contribution is -0.876. The van der Waals surface area contributed by atoms with Gasteiger partial charge in [-0.15, -0.1) is 13.2 Å². The van der Waals surface area contributed by atoms with Crippen molar-refractivity contribution in [2.24, 2.45) is 0 Å². The van der Waals surface area contributed by atoms with Crippen LogP contribution in [0.3, 0.4) is 0 Å². The summed E-state index contributed by atoms with van der Waals surface area (Å²) in [4.78, 5) is 19.9. The Morgan fingerprint density at radius 1 is 1.35 bits per heavy atom. The zero-order chi connectivity index (χ0) is 13.7. The van der Waals surface area contributed by atoms with Gasteiger partial charge in [-0.2, -0.15) is 0 Å². The maximum absolute atomic E-state index is 11.0. The lowest BCUT2D eigenvalue weighted by Gasteiger charge is -2.40. The normalized spacial score (nSPS) is 16.3. The molecule has 6 heteroatoms. The second kappa shape index (κ2) is 5.94. The highest BCUT2D eigenvalue weighted by Crippen LogP contribution is 2.41. The molecule has 0 aromatic heterocycles. The molecule has 0 aliphatic heterocycles. The number of nitrogens with zero attached hydrogens (tertiary/aromatic N) is 1. The molecule has 0 amide bonds. The molecule has 0 aliphatic rings. The Hall–Kier alpha value is -0.450. The van der Waals surface area contributed by atoms with Gasteiger partial charge in [0.25, 0.3) is 7.82 Å². The SMILES string of the molecule is C=CCC(CC=C)(C[N+](C)(C)C)OP(=O)([O-])O. The van der Waals surface area contributed by atoms with Gasteiger partial charge in [0, 0.05) is 12.8 Å². The van der Waals surface area contributed by atoms with Crippen molar-refractivity contribution in [2.75, 3.05) is 27.7 Å². The third-order valence-corrected chi connectivity index (χ3v) is 2.72. The predicted molar refractivity (Wildman–Crippen MR) is 66.2 cm³/mol. The molecular weight excluding hydrogens is 241 g/mol. The van der Waals surface area contributed by atoms with E-state index < -0.39 is 13.4 Å². The summed E-state index contributed by atoms with van der Waals surface area (Å²) in [6, 6.07) is 0. The minimum atomic E-state index is -4.79. The summed E-state index contributed by atoms with van der Waals surface area (Å²) < 4.78 is 16.3. The molecule has 0 fully saturated rings. The summed E-state index contributed by atoms with van der Waals surface area (Å²) in [5.74, 6) is 0. The highest BCUT2D eigenvalue weighted by molar-refractivity contribution is 7.44. The van der Waals surface area contributed by atoms with Crippen LogP contribution in [0, 0.1) is 0 Å². The highest BCUT2D eigenvalue weighted by Gasteiger charge is 2.37. The Morgan fingerprint density at radius 3 is 2.00 bits per heavy atom. The van der Waals surface area contributed by atoms with Crippen molar-refractivity contribution in [3.63, 3.8) is 0 Å². The van der Waals surface area contributed by atoms with E-state index in [1.54, 1.807) is 12.2 Å². The molecule has 0 heterocycles. The van der Waals surface area contributed by atoms with Crippen LogP contribution < -0.4 is 4.89 Å². The number of quaternary nitrogens is 1. The molecule has 100 valence electrons. The van der Waals surface area contributed by atoms with E-state index >= 15 is 0 Å². The topological polar surface area (TPSA) is 69.6 Å². The maximum Gasteiger partial charge on any atom is 0.266 e. The molecule has 0 radical (unpaired) electrons. The van der Waals surface area contributed by atoms with E-state index in [1.165, 1.54) is 0 Å². The Morgan fingerprint density at radius 2 is 1.76 bits per heavy atom. The van der Waals surface area contributed by atoms with Crippen molar-refractivity contribution in [1.29, 1.82) is 0 Å². The fourth-order valence-corrected chi connectivity index (χ4v) is 2.65. The van der Waals surface area contributed by atoms with Crippen LogP contribution in [0.15, 0.2) is 25.3 Å². The van der Waals surface area contributed by atoms with E-state index in [0.717, 1.165) is 0 Å². The first-order chi connectivity index (χ1) is 7.54. The number of hydrogen-bond donors (Lipinski definition) is 1. The highest BCUT2D eigenvalue weighted by atomic mass is 31.2. The molecule has 0 aromatic carbocycles. The van der Waals surface area contributed by atoms with Gasteiger partial charge in [0.1, 0.15) is 12.1 Å². The Bertz CT molecular complexity index is 306. The van der Waals surface area contributed by atoms with Crippen LogP contribution in [0.5, 0.6) is 0 Å². The summed E-state index contributed by atoms with van der Waals surface area (Å²) in [5.41, 5.74) is -1.02. The van der Waals surface area contributed by atoms with Gasteiger partial charge in [-0.3, -0.25) is 4.57 Å². The third kappa shape index (κ3) is 7.47. The maximum atomic E-state index is 11.0. The van der Waals surface area contributed by atoms with Crippen molar-refractivity contribution in [2.45, 2.75) is 18.4 Å². The average molecular weight is 263 g/mol. The third-order valence-electron chi connectivity index (χ3n) is 2.10. The summed E-state index contributed by atoms with van der Waals surface area (Å²) in [5, 5.41) is 0. The van der Waals surface area contributed by atoms with Gasteiger partial charge < -0.3 is 18.8 Å². The number of hydrogen-bond acceptors (Lipinski definition) is 3. The van der Waals surface area contributed by atoms with E-state index in [2.05, 4.69) is 13.2 Å². The standard InChI is InChI=1S/C11H22NO4P/c1-6-8-11(9-7-2,10-12(3,4)5)16-17(13,14)15/h6-7H,1-2,8-10H2,3-5H3,(H-,13,14,15). The van der Waals surface area contributed by atoms with Crippen molar-refractivity contribution < 1.29 is 23.4 Å². The number of rotatable bonds is 8. The predicted octanol–water partition coefficient (Wildman–Crippen LogP) is 1.06. The van der Waals surface area contributed by atoms with E-state index in [-0.39, 0.29) is 0 Å². The van der Waals surface area contributed by atoms with Crippen molar-refractivity contribution in [1.82, 2.24) is 0 Å². The minimum absolute atomic E-state index is 0.321. The van der Waals surface area contributed by atoms with Crippen LogP contribution in [-0.2, 0) is 9.09 Å². The van der Waals surface area contributed by atoms with Crippen molar-refractivity contribution in [3.8, 4) is 0 Å². The van der Waals surface area contributed by atoms with Gasteiger partial charge in [-0.05, 0) is 0 Å². The molecule has 5 nitrogen and oxygen atoms in total. The second-order valence-corrected chi connectivity index (χ2v) is 6.30. The average Bonchev–Trinajstić information content (AvgIpc) is 1.96. The molecule has 0 aromatic rings. The lowest BCUT2D eigenvalue weighted by Crippen LogP contribution is -2.50. The van der Waals surface area contributed by atoms with Crippen molar-refractivity contribution in [3.05, 3.63) is 25.3 Å². The Kier molecular flexibility index (Phi) is 5.78. The smallest absolute Gasteiger partial charge is 0.266 e. The van der Waals surface area contributed by atoms with E-state index in [4.69, 9.17) is 9.42 Å². The molecule has 0 rings (SSSR count). The molecule has 0 spiro atoms. The summed E-state index contributed by atoms with van der Waals surface area (Å²) in [7, 11) is 0.954. The Labute approximate surface area is 103 Å². The lowest BCUT2D eigenvalue weighted by atomic mass is 9.94. The Balaban J connectivity index is 5.17. The van der Waals surface area contributed by atoms with E-state index in [1.807, 2.05) is 21.1 Å². The molecule has 0 saturated carbocycles. The van der Waals surface area contributed by atoms with E-state index in [9.17, 15) is 9.46 Å². The van der Waals surface area contributed by atoms with Crippen LogP contribution in [0.25, 0.3) is 0 Å². The molecule has 1 unspecified atom stereocenters. The van der Waals surface area contributed by atoms with Crippen LogP contribution in [0.1, 0.15) is 12.8 Å². The first-order valence-electron chi connectivity index (χ1n) is 5.30. The molecule has 0 saturated heterocycles. The largest absolute Gasteiger partial charge is 0.756 e. The van der Waals surface area contributed by atoms with Crippen molar-refractivity contribution >= 4 is 7.82 Å². The van der Waals surface area contributed by atoms with Gasteiger partial charge in [0.05, 0.1) is 21.1 Å². The van der Waals surface area contributed by atoms with Gasteiger partial charge >= 0.3 is 0 Å². The van der Waals surface area contributed by atoms with Crippen LogP contribution in [0.4, 0.5) is 0 Å². The number of likely N-dealkylation sites (N-methyl/N-ethyl adjacent to an activating group) is 1. The van der Waals surface area contributed by atoms with Gasteiger partial charge in [0.15, 0.2) is 0 Å². The molecular formula is C11H22NO4P. The van der Waals surface area contributed by atoms with Gasteiger partial charge in [-0.25, -0.2) is 0 Å². The molecule has 0 aliphatic carbocycles. The summed E-state index contributed by atoms with van der Waals surface area (Å²) in [6.07, 6.45) is 3.80.